The van der Waals surface area contributed by atoms with E-state index in [2.05, 4.69) is 15.9 Å². The van der Waals surface area contributed by atoms with Gasteiger partial charge in [0.2, 0.25) is 0 Å². The van der Waals surface area contributed by atoms with E-state index >= 15 is 0 Å². The number of alkyl halides is 2. The van der Waals surface area contributed by atoms with Gasteiger partial charge in [0.1, 0.15) is 0 Å². The summed E-state index contributed by atoms with van der Waals surface area (Å²) in [4.78, 5) is 11.6. The molecule has 1 rings (SSSR count). The Morgan fingerprint density at radius 1 is 1.50 bits per heavy atom. The first-order valence-electron chi connectivity index (χ1n) is 4.22. The third kappa shape index (κ3) is 2.72. The van der Waals surface area contributed by atoms with Crippen LogP contribution in [0.3, 0.4) is 0 Å². The minimum Gasteiger partial charge on any atom is -0.398 e. The van der Waals surface area contributed by atoms with Gasteiger partial charge >= 0.3 is 0 Å². The van der Waals surface area contributed by atoms with Gasteiger partial charge < -0.3 is 5.73 Å². The maximum Gasteiger partial charge on any atom is 0.165 e. The Morgan fingerprint density at radius 2 is 2.21 bits per heavy atom. The molecule has 4 heteroatoms. The molecule has 14 heavy (non-hydrogen) atoms. The zero-order valence-electron chi connectivity index (χ0n) is 7.59. The summed E-state index contributed by atoms with van der Waals surface area (Å²) in [7, 11) is 0. The van der Waals surface area contributed by atoms with Gasteiger partial charge in [0, 0.05) is 28.9 Å². The summed E-state index contributed by atoms with van der Waals surface area (Å²) in [5.74, 6) is 0.445. The van der Waals surface area contributed by atoms with Gasteiger partial charge in [0.15, 0.2) is 5.78 Å². The number of nitrogens with two attached hydrogens (primary N) is 1. The van der Waals surface area contributed by atoms with Crippen LogP contribution in [-0.2, 0) is 5.88 Å². The van der Waals surface area contributed by atoms with Crippen molar-refractivity contribution in [2.24, 2.45) is 0 Å². The summed E-state index contributed by atoms with van der Waals surface area (Å²) in [5, 5.41) is 0.649. The lowest BCUT2D eigenvalue weighted by Gasteiger charge is -2.05. The van der Waals surface area contributed by atoms with Crippen LogP contribution >= 0.6 is 27.5 Å². The van der Waals surface area contributed by atoms with Gasteiger partial charge in [-0.15, -0.1) is 11.6 Å². The zero-order chi connectivity index (χ0) is 10.6. The Hall–Kier alpha value is -0.540. The Bertz CT molecular complexity index is 341. The lowest BCUT2D eigenvalue weighted by molar-refractivity contribution is 0.0990. The second-order valence-electron chi connectivity index (χ2n) is 2.92. The average molecular weight is 277 g/mol. The molecule has 0 aliphatic rings. The van der Waals surface area contributed by atoms with Crippen molar-refractivity contribution in [2.45, 2.75) is 12.3 Å². The quantitative estimate of drug-likeness (QED) is 0.522. The van der Waals surface area contributed by atoms with Crippen molar-refractivity contribution in [3.8, 4) is 0 Å². The third-order valence-electron chi connectivity index (χ3n) is 1.89. The predicted molar refractivity (Wildman–Crippen MR) is 63.2 cm³/mol. The smallest absolute Gasteiger partial charge is 0.165 e. The molecular formula is C10H11BrClNO. The first-order valence-corrected chi connectivity index (χ1v) is 5.88. The number of rotatable bonds is 4. The van der Waals surface area contributed by atoms with Gasteiger partial charge in [-0.2, -0.15) is 0 Å². The SMILES string of the molecule is Nc1ccc(CCl)cc1C(=O)CCBr. The van der Waals surface area contributed by atoms with E-state index < -0.39 is 0 Å². The van der Waals surface area contributed by atoms with Crippen LogP contribution < -0.4 is 5.73 Å². The number of ketones is 1. The second kappa shape index (κ2) is 5.37. The molecule has 0 radical (unpaired) electrons. The van der Waals surface area contributed by atoms with Crippen molar-refractivity contribution in [1.29, 1.82) is 0 Å². The maximum absolute atomic E-state index is 11.6. The number of halogens is 2. The highest BCUT2D eigenvalue weighted by Gasteiger charge is 2.09. The van der Waals surface area contributed by atoms with Gasteiger partial charge in [-0.05, 0) is 17.7 Å². The van der Waals surface area contributed by atoms with Crippen molar-refractivity contribution in [3.63, 3.8) is 0 Å². The van der Waals surface area contributed by atoms with Crippen LogP contribution in [0.15, 0.2) is 18.2 Å². The van der Waals surface area contributed by atoms with E-state index in [0.29, 0.717) is 28.9 Å². The van der Waals surface area contributed by atoms with Crippen molar-refractivity contribution in [1.82, 2.24) is 0 Å². The third-order valence-corrected chi connectivity index (χ3v) is 2.60. The molecule has 2 nitrogen and oxygen atoms in total. The highest BCUT2D eigenvalue weighted by atomic mass is 79.9. The molecule has 0 heterocycles. The summed E-state index contributed by atoms with van der Waals surface area (Å²) < 4.78 is 0. The van der Waals surface area contributed by atoms with Gasteiger partial charge in [-0.3, -0.25) is 4.79 Å². The summed E-state index contributed by atoms with van der Waals surface area (Å²) in [5.41, 5.74) is 7.70. The number of carbonyl (C=O) groups excluding carboxylic acids is 1. The van der Waals surface area contributed by atoms with Crippen molar-refractivity contribution in [2.75, 3.05) is 11.1 Å². The molecule has 1 aromatic carbocycles. The Morgan fingerprint density at radius 3 is 2.79 bits per heavy atom. The lowest BCUT2D eigenvalue weighted by atomic mass is 10.0. The molecule has 0 amide bonds. The van der Waals surface area contributed by atoms with E-state index in [-0.39, 0.29) is 5.78 Å². The van der Waals surface area contributed by atoms with E-state index in [1.165, 1.54) is 0 Å². The van der Waals surface area contributed by atoms with Crippen LogP contribution in [0.5, 0.6) is 0 Å². The summed E-state index contributed by atoms with van der Waals surface area (Å²) in [6, 6.07) is 5.31. The number of hydrogen-bond donors (Lipinski definition) is 1. The highest BCUT2D eigenvalue weighted by Crippen LogP contribution is 2.17. The van der Waals surface area contributed by atoms with Crippen LogP contribution in [-0.4, -0.2) is 11.1 Å². The molecule has 1 aromatic rings. The van der Waals surface area contributed by atoms with Gasteiger partial charge in [0.25, 0.3) is 0 Å². The monoisotopic (exact) mass is 275 g/mol. The molecule has 0 aliphatic carbocycles. The molecule has 0 bridgehead atoms. The molecule has 76 valence electrons. The summed E-state index contributed by atoms with van der Waals surface area (Å²) in [6.07, 6.45) is 0.454. The van der Waals surface area contributed by atoms with Crippen molar-refractivity contribution >= 4 is 39.0 Å². The van der Waals surface area contributed by atoms with E-state index in [1.54, 1.807) is 12.1 Å². The first kappa shape index (κ1) is 11.5. The standard InChI is InChI=1S/C10H11BrClNO/c11-4-3-10(14)8-5-7(6-12)1-2-9(8)13/h1-2,5H,3-4,6,13H2. The molecule has 2 N–H and O–H groups in total. The van der Waals surface area contributed by atoms with Gasteiger partial charge in [0.05, 0.1) is 0 Å². The number of benzene rings is 1. The summed E-state index contributed by atoms with van der Waals surface area (Å²) >= 11 is 8.89. The van der Waals surface area contributed by atoms with E-state index in [1.807, 2.05) is 6.07 Å². The van der Waals surface area contributed by atoms with Crippen molar-refractivity contribution in [3.05, 3.63) is 29.3 Å². The Balaban J connectivity index is 2.99. The largest absolute Gasteiger partial charge is 0.398 e. The average Bonchev–Trinajstić information content (AvgIpc) is 2.19. The second-order valence-corrected chi connectivity index (χ2v) is 3.98. The Kier molecular flexibility index (Phi) is 4.42. The lowest BCUT2D eigenvalue weighted by Crippen LogP contribution is -2.04. The Labute approximate surface area is 96.6 Å². The molecule has 0 saturated heterocycles. The minimum atomic E-state index is 0.0475. The van der Waals surface area contributed by atoms with Crippen molar-refractivity contribution < 1.29 is 4.79 Å². The molecule has 0 spiro atoms. The first-order chi connectivity index (χ1) is 6.69. The number of nitrogen functional groups attached to an aromatic ring is 1. The molecule has 0 aromatic heterocycles. The molecule has 0 fully saturated rings. The molecular weight excluding hydrogens is 265 g/mol. The normalized spacial score (nSPS) is 10.1. The fraction of sp³-hybridized carbons (Fsp3) is 0.300. The molecule has 0 atom stereocenters. The fourth-order valence-corrected chi connectivity index (χ4v) is 1.67. The fourth-order valence-electron chi connectivity index (χ4n) is 1.15. The topological polar surface area (TPSA) is 43.1 Å². The highest BCUT2D eigenvalue weighted by molar-refractivity contribution is 9.09. The van der Waals surface area contributed by atoms with Crippen LogP contribution in [0.4, 0.5) is 5.69 Å². The van der Waals surface area contributed by atoms with Gasteiger partial charge in [-0.1, -0.05) is 22.0 Å². The number of hydrogen-bond acceptors (Lipinski definition) is 2. The number of carbonyl (C=O) groups is 1. The zero-order valence-corrected chi connectivity index (χ0v) is 9.94. The van der Waals surface area contributed by atoms with Crippen LogP contribution in [0.1, 0.15) is 22.3 Å². The van der Waals surface area contributed by atoms with Crippen LogP contribution in [0.25, 0.3) is 0 Å². The molecule has 0 unspecified atom stereocenters. The van der Waals surface area contributed by atoms with Crippen LogP contribution in [0, 0.1) is 0 Å². The number of anilines is 1. The van der Waals surface area contributed by atoms with E-state index in [9.17, 15) is 4.79 Å². The molecule has 0 aliphatic heterocycles. The maximum atomic E-state index is 11.6. The minimum absolute atomic E-state index is 0.0475. The predicted octanol–water partition coefficient (Wildman–Crippen LogP) is 2.98. The van der Waals surface area contributed by atoms with Crippen LogP contribution in [0.2, 0.25) is 0 Å². The molecule has 0 saturated carbocycles. The van der Waals surface area contributed by atoms with E-state index in [4.69, 9.17) is 17.3 Å². The number of Topliss-reactive ketones (excluding diaryl/α,β-unsaturated/α-hetero) is 1. The van der Waals surface area contributed by atoms with E-state index in [0.717, 1.165) is 5.56 Å². The van der Waals surface area contributed by atoms with Gasteiger partial charge in [-0.25, -0.2) is 0 Å². The summed E-state index contributed by atoms with van der Waals surface area (Å²) in [6.45, 7) is 0.